The van der Waals surface area contributed by atoms with Gasteiger partial charge in [0.2, 0.25) is 0 Å². The lowest BCUT2D eigenvalue weighted by Gasteiger charge is -2.17. The fraction of sp³-hybridized carbons (Fsp3) is 0.409. The summed E-state index contributed by atoms with van der Waals surface area (Å²) in [6.07, 6.45) is 2.70. The van der Waals surface area contributed by atoms with Crippen molar-refractivity contribution in [3.05, 3.63) is 71.3 Å². The molecule has 0 amide bonds. The molecule has 1 nitrogen and oxygen atoms in total. The van der Waals surface area contributed by atoms with Crippen molar-refractivity contribution in [2.45, 2.75) is 54.9 Å². The summed E-state index contributed by atoms with van der Waals surface area (Å²) in [7, 11) is 0. The molecule has 0 unspecified atom stereocenters. The molecular weight excluding hydrogens is 280 g/mol. The van der Waals surface area contributed by atoms with Crippen molar-refractivity contribution in [3.63, 3.8) is 0 Å². The van der Waals surface area contributed by atoms with Crippen molar-refractivity contribution in [1.82, 2.24) is 0 Å². The number of carbonyl (C=O) groups is 1. The standard InChI is InChI=1S/C20H24O.2CH4/c1-20(2,3)14-13-16-9-11-18(12-10-16)19(21)15-17-7-5-4-6-8-17;;/h4-12H,13-15H2,1-3H3;2*1H4. The van der Waals surface area contributed by atoms with E-state index in [9.17, 15) is 4.79 Å². The minimum Gasteiger partial charge on any atom is -0.294 e. The zero-order valence-electron chi connectivity index (χ0n) is 13.2. The van der Waals surface area contributed by atoms with Gasteiger partial charge >= 0.3 is 0 Å². The van der Waals surface area contributed by atoms with Crippen LogP contribution < -0.4 is 0 Å². The molecule has 0 bridgehead atoms. The van der Waals surface area contributed by atoms with Gasteiger partial charge in [-0.1, -0.05) is 90.2 Å². The fourth-order valence-electron chi connectivity index (χ4n) is 2.26. The second-order valence-corrected chi connectivity index (χ2v) is 6.84. The molecule has 0 heterocycles. The average molecular weight is 312 g/mol. The number of hydrogen-bond donors (Lipinski definition) is 0. The SMILES string of the molecule is C.C.CC(C)(C)CCc1ccc(C(=O)Cc2ccccc2)cc1. The highest BCUT2D eigenvalue weighted by atomic mass is 16.1. The van der Waals surface area contributed by atoms with Gasteiger partial charge in [-0.25, -0.2) is 0 Å². The largest absolute Gasteiger partial charge is 0.294 e. The molecule has 0 radical (unpaired) electrons. The first kappa shape index (κ1) is 21.1. The molecule has 0 N–H and O–H groups in total. The van der Waals surface area contributed by atoms with Crippen LogP contribution in [0.15, 0.2) is 54.6 Å². The third-order valence-corrected chi connectivity index (χ3v) is 3.65. The summed E-state index contributed by atoms with van der Waals surface area (Å²) >= 11 is 0. The fourth-order valence-corrected chi connectivity index (χ4v) is 2.26. The van der Waals surface area contributed by atoms with E-state index in [-0.39, 0.29) is 20.6 Å². The topological polar surface area (TPSA) is 17.1 Å². The Labute approximate surface area is 142 Å². The van der Waals surface area contributed by atoms with Crippen molar-refractivity contribution < 1.29 is 4.79 Å². The molecule has 1 heteroatoms. The van der Waals surface area contributed by atoms with Gasteiger partial charge in [-0.3, -0.25) is 4.79 Å². The number of ketones is 1. The lowest BCUT2D eigenvalue weighted by Crippen LogP contribution is -2.07. The summed E-state index contributed by atoms with van der Waals surface area (Å²) in [6.45, 7) is 6.76. The molecule has 0 spiro atoms. The van der Waals surface area contributed by atoms with E-state index in [4.69, 9.17) is 0 Å². The molecule has 0 aromatic heterocycles. The smallest absolute Gasteiger partial charge is 0.167 e. The number of hydrogen-bond acceptors (Lipinski definition) is 1. The molecule has 0 atom stereocenters. The second-order valence-electron chi connectivity index (χ2n) is 6.84. The highest BCUT2D eigenvalue weighted by Crippen LogP contribution is 2.21. The predicted octanol–water partition coefficient (Wildman–Crippen LogP) is 6.36. The highest BCUT2D eigenvalue weighted by Gasteiger charge is 2.11. The third kappa shape index (κ3) is 7.27. The number of carbonyl (C=O) groups excluding carboxylic acids is 1. The van der Waals surface area contributed by atoms with Gasteiger partial charge in [-0.05, 0) is 29.4 Å². The summed E-state index contributed by atoms with van der Waals surface area (Å²) in [4.78, 5) is 12.2. The van der Waals surface area contributed by atoms with Gasteiger partial charge < -0.3 is 0 Å². The molecule has 0 saturated heterocycles. The number of aryl methyl sites for hydroxylation is 1. The lowest BCUT2D eigenvalue weighted by molar-refractivity contribution is 0.0993. The first-order chi connectivity index (χ1) is 9.94. The maximum atomic E-state index is 12.2. The average Bonchev–Trinajstić information content (AvgIpc) is 2.46. The van der Waals surface area contributed by atoms with Crippen LogP contribution in [-0.2, 0) is 12.8 Å². The van der Waals surface area contributed by atoms with Crippen LogP contribution in [-0.4, -0.2) is 5.78 Å². The van der Waals surface area contributed by atoms with Gasteiger partial charge in [0.15, 0.2) is 5.78 Å². The Hall–Kier alpha value is -1.89. The second kappa shape index (κ2) is 9.29. The van der Waals surface area contributed by atoms with E-state index >= 15 is 0 Å². The summed E-state index contributed by atoms with van der Waals surface area (Å²) in [5.74, 6) is 0.184. The Balaban J connectivity index is 0.00000242. The van der Waals surface area contributed by atoms with Crippen LogP contribution in [0.1, 0.15) is 63.5 Å². The van der Waals surface area contributed by atoms with Crippen LogP contribution in [0, 0.1) is 5.41 Å². The monoisotopic (exact) mass is 312 g/mol. The summed E-state index contributed by atoms with van der Waals surface area (Å²) in [6, 6.07) is 18.0. The Bertz CT molecular complexity index is 574. The number of Topliss-reactive ketones (excluding diaryl/α,β-unsaturated/α-hetero) is 1. The maximum absolute atomic E-state index is 12.2. The van der Waals surface area contributed by atoms with Crippen LogP contribution in [0.5, 0.6) is 0 Å². The van der Waals surface area contributed by atoms with Gasteiger partial charge in [0.25, 0.3) is 0 Å². The zero-order valence-corrected chi connectivity index (χ0v) is 13.2. The van der Waals surface area contributed by atoms with Crippen molar-refractivity contribution in [2.24, 2.45) is 5.41 Å². The number of benzene rings is 2. The van der Waals surface area contributed by atoms with E-state index in [1.54, 1.807) is 0 Å². The lowest BCUT2D eigenvalue weighted by atomic mass is 9.88. The van der Waals surface area contributed by atoms with Gasteiger partial charge in [0.1, 0.15) is 0 Å². The van der Waals surface area contributed by atoms with Crippen LogP contribution in [0.3, 0.4) is 0 Å². The quantitative estimate of drug-likeness (QED) is 0.587. The molecule has 0 fully saturated rings. The number of rotatable bonds is 5. The van der Waals surface area contributed by atoms with Gasteiger partial charge in [0, 0.05) is 12.0 Å². The third-order valence-electron chi connectivity index (χ3n) is 3.65. The minimum absolute atomic E-state index is 0. The van der Waals surface area contributed by atoms with E-state index in [0.717, 1.165) is 24.0 Å². The van der Waals surface area contributed by atoms with E-state index < -0.39 is 0 Å². The molecule has 126 valence electrons. The van der Waals surface area contributed by atoms with Gasteiger partial charge in [-0.15, -0.1) is 0 Å². The van der Waals surface area contributed by atoms with E-state index in [0.29, 0.717) is 11.8 Å². The summed E-state index contributed by atoms with van der Waals surface area (Å²) in [5.41, 5.74) is 3.53. The predicted molar refractivity (Wildman–Crippen MR) is 102 cm³/mol. The van der Waals surface area contributed by atoms with E-state index in [1.807, 2.05) is 42.5 Å². The van der Waals surface area contributed by atoms with Crippen LogP contribution >= 0.6 is 0 Å². The highest BCUT2D eigenvalue weighted by molar-refractivity contribution is 5.97. The Kier molecular flexibility index (Phi) is 8.53. The molecule has 0 aliphatic heterocycles. The minimum atomic E-state index is 0. The first-order valence-corrected chi connectivity index (χ1v) is 7.60. The Morgan fingerprint density at radius 3 is 1.91 bits per heavy atom. The van der Waals surface area contributed by atoms with Crippen molar-refractivity contribution in [3.8, 4) is 0 Å². The maximum Gasteiger partial charge on any atom is 0.167 e. The first-order valence-electron chi connectivity index (χ1n) is 7.60. The normalized spacial score (nSPS) is 10.4. The molecule has 0 aliphatic rings. The summed E-state index contributed by atoms with van der Waals surface area (Å²) in [5, 5.41) is 0. The Morgan fingerprint density at radius 2 is 1.39 bits per heavy atom. The molecule has 0 saturated carbocycles. The Morgan fingerprint density at radius 1 is 0.826 bits per heavy atom. The molecule has 2 aromatic rings. The molecule has 2 rings (SSSR count). The van der Waals surface area contributed by atoms with Crippen molar-refractivity contribution >= 4 is 5.78 Å². The zero-order chi connectivity index (χ0) is 15.3. The summed E-state index contributed by atoms with van der Waals surface area (Å²) < 4.78 is 0. The molecule has 0 aliphatic carbocycles. The molecule has 2 aromatic carbocycles. The van der Waals surface area contributed by atoms with Crippen LogP contribution in [0.4, 0.5) is 0 Å². The van der Waals surface area contributed by atoms with Crippen LogP contribution in [0.25, 0.3) is 0 Å². The molecular formula is C22H32O. The van der Waals surface area contributed by atoms with Crippen LogP contribution in [0.2, 0.25) is 0 Å². The van der Waals surface area contributed by atoms with Gasteiger partial charge in [-0.2, -0.15) is 0 Å². The van der Waals surface area contributed by atoms with Crippen molar-refractivity contribution in [1.29, 1.82) is 0 Å². The van der Waals surface area contributed by atoms with E-state index in [1.165, 1.54) is 5.56 Å². The van der Waals surface area contributed by atoms with Crippen molar-refractivity contribution in [2.75, 3.05) is 0 Å². The van der Waals surface area contributed by atoms with E-state index in [2.05, 4.69) is 32.9 Å². The molecule has 23 heavy (non-hydrogen) atoms. The van der Waals surface area contributed by atoms with Gasteiger partial charge in [0.05, 0.1) is 0 Å².